The number of aromatic nitrogens is 2. The van der Waals surface area contributed by atoms with Crippen molar-refractivity contribution < 1.29 is 4.79 Å². The lowest BCUT2D eigenvalue weighted by molar-refractivity contribution is -0.120. The first-order chi connectivity index (χ1) is 7.36. The second-order valence-corrected chi connectivity index (χ2v) is 4.42. The number of carbonyl (C=O) groups is 1. The molecule has 0 aliphatic rings. The standard InChI is InChI=1S/C11H20N4O/c1-5-6-11(3,12)10(16)13-9-7-15(4)14-8(9)2/h7H,5-6,12H2,1-4H3,(H,13,16). The minimum Gasteiger partial charge on any atom is -0.322 e. The Kier molecular flexibility index (Phi) is 3.70. The minimum atomic E-state index is -0.822. The van der Waals surface area contributed by atoms with Crippen LogP contribution in [-0.2, 0) is 11.8 Å². The fraction of sp³-hybridized carbons (Fsp3) is 0.636. The van der Waals surface area contributed by atoms with Crippen molar-refractivity contribution in [2.75, 3.05) is 5.32 Å². The zero-order valence-electron chi connectivity index (χ0n) is 10.4. The third kappa shape index (κ3) is 2.82. The van der Waals surface area contributed by atoms with Crippen LogP contribution in [0.2, 0.25) is 0 Å². The summed E-state index contributed by atoms with van der Waals surface area (Å²) in [6.07, 6.45) is 3.32. The van der Waals surface area contributed by atoms with Crippen molar-refractivity contribution in [3.63, 3.8) is 0 Å². The first-order valence-electron chi connectivity index (χ1n) is 5.47. The maximum absolute atomic E-state index is 11.9. The van der Waals surface area contributed by atoms with Gasteiger partial charge in [0.05, 0.1) is 16.9 Å². The number of anilines is 1. The molecule has 0 radical (unpaired) electrons. The number of hydrogen-bond acceptors (Lipinski definition) is 3. The van der Waals surface area contributed by atoms with Gasteiger partial charge >= 0.3 is 0 Å². The highest BCUT2D eigenvalue weighted by Crippen LogP contribution is 2.16. The molecule has 0 saturated carbocycles. The lowest BCUT2D eigenvalue weighted by Crippen LogP contribution is -2.48. The lowest BCUT2D eigenvalue weighted by Gasteiger charge is -2.22. The molecule has 90 valence electrons. The molecule has 0 fully saturated rings. The lowest BCUT2D eigenvalue weighted by atomic mass is 9.96. The highest BCUT2D eigenvalue weighted by Gasteiger charge is 2.27. The first-order valence-corrected chi connectivity index (χ1v) is 5.47. The molecule has 1 aromatic heterocycles. The van der Waals surface area contributed by atoms with Gasteiger partial charge in [0.15, 0.2) is 0 Å². The van der Waals surface area contributed by atoms with Crippen LogP contribution in [0.15, 0.2) is 6.20 Å². The van der Waals surface area contributed by atoms with Gasteiger partial charge in [0.2, 0.25) is 5.91 Å². The van der Waals surface area contributed by atoms with Crippen molar-refractivity contribution in [1.82, 2.24) is 9.78 Å². The molecule has 0 aromatic carbocycles. The van der Waals surface area contributed by atoms with Gasteiger partial charge in [-0.15, -0.1) is 0 Å². The molecular weight excluding hydrogens is 204 g/mol. The average molecular weight is 224 g/mol. The van der Waals surface area contributed by atoms with Gasteiger partial charge in [0, 0.05) is 13.2 Å². The molecule has 0 spiro atoms. The van der Waals surface area contributed by atoms with Crippen LogP contribution in [0, 0.1) is 6.92 Å². The van der Waals surface area contributed by atoms with E-state index in [1.54, 1.807) is 17.8 Å². The van der Waals surface area contributed by atoms with Crippen LogP contribution >= 0.6 is 0 Å². The third-order valence-corrected chi connectivity index (χ3v) is 2.55. The van der Waals surface area contributed by atoms with Crippen molar-refractivity contribution in [3.8, 4) is 0 Å². The quantitative estimate of drug-likeness (QED) is 0.806. The molecule has 0 aliphatic carbocycles. The van der Waals surface area contributed by atoms with Crippen LogP contribution in [0.5, 0.6) is 0 Å². The number of nitrogens with zero attached hydrogens (tertiary/aromatic N) is 2. The van der Waals surface area contributed by atoms with Crippen LogP contribution in [0.3, 0.4) is 0 Å². The van der Waals surface area contributed by atoms with Crippen LogP contribution in [-0.4, -0.2) is 21.2 Å². The van der Waals surface area contributed by atoms with Gasteiger partial charge in [-0.1, -0.05) is 13.3 Å². The molecule has 1 aromatic rings. The largest absolute Gasteiger partial charge is 0.322 e. The second-order valence-electron chi connectivity index (χ2n) is 4.42. The van der Waals surface area contributed by atoms with E-state index in [2.05, 4.69) is 10.4 Å². The van der Waals surface area contributed by atoms with E-state index in [-0.39, 0.29) is 5.91 Å². The van der Waals surface area contributed by atoms with Crippen molar-refractivity contribution in [3.05, 3.63) is 11.9 Å². The number of hydrogen-bond donors (Lipinski definition) is 2. The topological polar surface area (TPSA) is 72.9 Å². The smallest absolute Gasteiger partial charge is 0.244 e. The summed E-state index contributed by atoms with van der Waals surface area (Å²) in [6.45, 7) is 5.61. The Labute approximate surface area is 96.0 Å². The molecule has 5 nitrogen and oxygen atoms in total. The number of aryl methyl sites for hydroxylation is 2. The van der Waals surface area contributed by atoms with E-state index in [0.717, 1.165) is 17.8 Å². The predicted molar refractivity (Wildman–Crippen MR) is 64.1 cm³/mol. The summed E-state index contributed by atoms with van der Waals surface area (Å²) in [5.74, 6) is -0.162. The zero-order valence-corrected chi connectivity index (χ0v) is 10.4. The Morgan fingerprint density at radius 3 is 2.75 bits per heavy atom. The molecule has 1 atom stereocenters. The highest BCUT2D eigenvalue weighted by atomic mass is 16.2. The number of nitrogens with one attached hydrogen (secondary N) is 1. The fourth-order valence-corrected chi connectivity index (χ4v) is 1.62. The summed E-state index contributed by atoms with van der Waals surface area (Å²) >= 11 is 0. The highest BCUT2D eigenvalue weighted by molar-refractivity contribution is 5.97. The summed E-state index contributed by atoms with van der Waals surface area (Å²) < 4.78 is 1.67. The number of nitrogens with two attached hydrogens (primary N) is 1. The Balaban J connectivity index is 2.75. The summed E-state index contributed by atoms with van der Waals surface area (Å²) in [6, 6.07) is 0. The molecule has 0 aliphatic heterocycles. The van der Waals surface area contributed by atoms with Crippen LogP contribution in [0.25, 0.3) is 0 Å². The van der Waals surface area contributed by atoms with Gasteiger partial charge in [-0.2, -0.15) is 5.10 Å². The predicted octanol–water partition coefficient (Wildman–Crippen LogP) is 1.18. The molecule has 5 heteroatoms. The van der Waals surface area contributed by atoms with Gasteiger partial charge in [-0.05, 0) is 20.3 Å². The van der Waals surface area contributed by atoms with Gasteiger partial charge < -0.3 is 11.1 Å². The Bertz CT molecular complexity index is 381. The van der Waals surface area contributed by atoms with E-state index >= 15 is 0 Å². The molecular formula is C11H20N4O. The zero-order chi connectivity index (χ0) is 12.3. The molecule has 1 heterocycles. The van der Waals surface area contributed by atoms with Crippen molar-refractivity contribution >= 4 is 11.6 Å². The number of carbonyl (C=O) groups excluding carboxylic acids is 1. The Morgan fingerprint density at radius 1 is 1.69 bits per heavy atom. The van der Waals surface area contributed by atoms with Crippen LogP contribution in [0.4, 0.5) is 5.69 Å². The van der Waals surface area contributed by atoms with E-state index in [0.29, 0.717) is 6.42 Å². The van der Waals surface area contributed by atoms with Crippen molar-refractivity contribution in [2.45, 2.75) is 39.2 Å². The second kappa shape index (κ2) is 4.65. The molecule has 1 rings (SSSR count). The van der Waals surface area contributed by atoms with E-state index < -0.39 is 5.54 Å². The normalized spacial score (nSPS) is 14.6. The van der Waals surface area contributed by atoms with Crippen LogP contribution in [0.1, 0.15) is 32.4 Å². The Hall–Kier alpha value is -1.36. The molecule has 16 heavy (non-hydrogen) atoms. The van der Waals surface area contributed by atoms with Crippen LogP contribution < -0.4 is 11.1 Å². The van der Waals surface area contributed by atoms with E-state index in [1.165, 1.54) is 0 Å². The van der Waals surface area contributed by atoms with E-state index in [4.69, 9.17) is 5.73 Å². The van der Waals surface area contributed by atoms with Gasteiger partial charge in [0.1, 0.15) is 0 Å². The summed E-state index contributed by atoms with van der Waals surface area (Å²) in [4.78, 5) is 11.9. The maximum atomic E-state index is 11.9. The SMILES string of the molecule is CCCC(C)(N)C(=O)Nc1cn(C)nc1C. The number of rotatable bonds is 4. The van der Waals surface area contributed by atoms with Gasteiger partial charge in [-0.3, -0.25) is 9.48 Å². The molecule has 1 unspecified atom stereocenters. The van der Waals surface area contributed by atoms with E-state index in [9.17, 15) is 4.79 Å². The maximum Gasteiger partial charge on any atom is 0.244 e. The Morgan fingerprint density at radius 2 is 2.31 bits per heavy atom. The minimum absolute atomic E-state index is 0.162. The first kappa shape index (κ1) is 12.7. The number of amides is 1. The molecule has 0 bridgehead atoms. The third-order valence-electron chi connectivity index (χ3n) is 2.55. The molecule has 0 saturated heterocycles. The summed E-state index contributed by atoms with van der Waals surface area (Å²) in [7, 11) is 1.82. The van der Waals surface area contributed by atoms with Gasteiger partial charge in [-0.25, -0.2) is 0 Å². The molecule has 3 N–H and O–H groups in total. The fourth-order valence-electron chi connectivity index (χ4n) is 1.62. The summed E-state index contributed by atoms with van der Waals surface area (Å²) in [5.41, 5.74) is 6.63. The van der Waals surface area contributed by atoms with E-state index in [1.807, 2.05) is 20.9 Å². The molecule has 1 amide bonds. The van der Waals surface area contributed by atoms with Crippen molar-refractivity contribution in [2.24, 2.45) is 12.8 Å². The monoisotopic (exact) mass is 224 g/mol. The van der Waals surface area contributed by atoms with Crippen molar-refractivity contribution in [1.29, 1.82) is 0 Å². The van der Waals surface area contributed by atoms with Gasteiger partial charge in [0.25, 0.3) is 0 Å². The average Bonchev–Trinajstić information content (AvgIpc) is 2.45. The summed E-state index contributed by atoms with van der Waals surface area (Å²) in [5, 5.41) is 6.96.